The lowest BCUT2D eigenvalue weighted by molar-refractivity contribution is -0.116. The van der Waals surface area contributed by atoms with Gasteiger partial charge in [0.05, 0.1) is 4.90 Å². The number of amides is 1. The highest BCUT2D eigenvalue weighted by molar-refractivity contribution is 7.89. The van der Waals surface area contributed by atoms with E-state index in [1.54, 1.807) is 35.2 Å². The highest BCUT2D eigenvalue weighted by atomic mass is 35.5. The highest BCUT2D eigenvalue weighted by Gasteiger charge is 2.25. The van der Waals surface area contributed by atoms with Crippen molar-refractivity contribution in [2.45, 2.75) is 44.0 Å². The summed E-state index contributed by atoms with van der Waals surface area (Å²) in [6.45, 7) is 4.12. The van der Waals surface area contributed by atoms with Crippen molar-refractivity contribution in [3.05, 3.63) is 58.6 Å². The number of fused-ring (bicyclic) bond motifs is 1. The SMILES string of the molecule is CC[C@@H](NS(=O)(=O)c1ccc2c(c1)CCCN2C(C)=O)c1ccc(Cl)cc1. The van der Waals surface area contributed by atoms with Crippen molar-refractivity contribution in [2.24, 2.45) is 0 Å². The van der Waals surface area contributed by atoms with Gasteiger partial charge in [0.2, 0.25) is 15.9 Å². The zero-order valence-electron chi connectivity index (χ0n) is 15.4. The molecule has 2 aromatic rings. The number of carbonyl (C=O) groups excluding carboxylic acids is 1. The Bertz CT molecular complexity index is 942. The first-order valence-corrected chi connectivity index (χ1v) is 10.9. The van der Waals surface area contributed by atoms with Crippen LogP contribution >= 0.6 is 11.6 Å². The summed E-state index contributed by atoms with van der Waals surface area (Å²) < 4.78 is 28.6. The Kier molecular flexibility index (Phi) is 5.89. The minimum Gasteiger partial charge on any atom is -0.312 e. The van der Waals surface area contributed by atoms with Gasteiger partial charge in [0.25, 0.3) is 0 Å². The van der Waals surface area contributed by atoms with Crippen molar-refractivity contribution < 1.29 is 13.2 Å². The molecule has 0 bridgehead atoms. The summed E-state index contributed by atoms with van der Waals surface area (Å²) in [4.78, 5) is 13.7. The number of carbonyl (C=O) groups is 1. The van der Waals surface area contributed by atoms with Crippen LogP contribution < -0.4 is 9.62 Å². The van der Waals surface area contributed by atoms with Crippen LogP contribution in [0.15, 0.2) is 47.4 Å². The third-order valence-electron chi connectivity index (χ3n) is 4.84. The van der Waals surface area contributed by atoms with E-state index in [4.69, 9.17) is 11.6 Å². The van der Waals surface area contributed by atoms with E-state index in [0.717, 1.165) is 29.7 Å². The first-order valence-electron chi connectivity index (χ1n) is 9.00. The summed E-state index contributed by atoms with van der Waals surface area (Å²) in [5.41, 5.74) is 2.56. The van der Waals surface area contributed by atoms with Gasteiger partial charge in [0.15, 0.2) is 0 Å². The van der Waals surface area contributed by atoms with Crippen molar-refractivity contribution in [1.82, 2.24) is 4.72 Å². The second kappa shape index (κ2) is 8.00. The molecule has 1 aliphatic rings. The molecule has 0 saturated heterocycles. The van der Waals surface area contributed by atoms with Crippen LogP contribution in [0.4, 0.5) is 5.69 Å². The predicted molar refractivity (Wildman–Crippen MR) is 108 cm³/mol. The lowest BCUT2D eigenvalue weighted by atomic mass is 10.0. The number of hydrogen-bond donors (Lipinski definition) is 1. The molecular weight excluding hydrogens is 384 g/mol. The molecule has 3 rings (SSSR count). The molecule has 144 valence electrons. The molecule has 1 amide bonds. The molecule has 1 N–H and O–H groups in total. The van der Waals surface area contributed by atoms with Crippen LogP contribution in [-0.4, -0.2) is 20.9 Å². The van der Waals surface area contributed by atoms with Crippen LogP contribution in [0.5, 0.6) is 0 Å². The maximum absolute atomic E-state index is 12.9. The summed E-state index contributed by atoms with van der Waals surface area (Å²) in [5, 5.41) is 0.612. The normalized spacial score (nSPS) is 15.3. The van der Waals surface area contributed by atoms with E-state index in [0.29, 0.717) is 18.0 Å². The second-order valence-corrected chi connectivity index (χ2v) is 8.85. The van der Waals surface area contributed by atoms with E-state index in [2.05, 4.69) is 4.72 Å². The van der Waals surface area contributed by atoms with Crippen molar-refractivity contribution in [1.29, 1.82) is 0 Å². The molecule has 7 heteroatoms. The Morgan fingerprint density at radius 1 is 1.22 bits per heavy atom. The van der Waals surface area contributed by atoms with Gasteiger partial charge in [-0.15, -0.1) is 0 Å². The Morgan fingerprint density at radius 2 is 1.93 bits per heavy atom. The molecule has 0 radical (unpaired) electrons. The summed E-state index contributed by atoms with van der Waals surface area (Å²) >= 11 is 5.92. The maximum Gasteiger partial charge on any atom is 0.241 e. The van der Waals surface area contributed by atoms with E-state index in [1.165, 1.54) is 6.92 Å². The fraction of sp³-hybridized carbons (Fsp3) is 0.350. The van der Waals surface area contributed by atoms with Gasteiger partial charge in [0.1, 0.15) is 0 Å². The number of anilines is 1. The summed E-state index contributed by atoms with van der Waals surface area (Å²) in [7, 11) is -3.69. The minimum atomic E-state index is -3.69. The fourth-order valence-electron chi connectivity index (χ4n) is 3.41. The quantitative estimate of drug-likeness (QED) is 0.813. The number of nitrogens with one attached hydrogen (secondary N) is 1. The van der Waals surface area contributed by atoms with Crippen LogP contribution in [0.3, 0.4) is 0 Å². The number of benzene rings is 2. The average molecular weight is 407 g/mol. The Morgan fingerprint density at radius 3 is 2.56 bits per heavy atom. The molecule has 0 saturated carbocycles. The molecule has 1 atom stereocenters. The topological polar surface area (TPSA) is 66.5 Å². The van der Waals surface area contributed by atoms with Gasteiger partial charge < -0.3 is 4.90 Å². The first-order chi connectivity index (χ1) is 12.8. The molecule has 1 heterocycles. The number of hydrogen-bond acceptors (Lipinski definition) is 3. The molecule has 1 aliphatic heterocycles. The van der Waals surface area contributed by atoms with Gasteiger partial charge in [-0.05, 0) is 60.7 Å². The Labute approximate surface area is 165 Å². The standard InChI is InChI=1S/C20H23ClN2O3S/c1-3-19(15-6-8-17(21)9-7-15)22-27(25,26)18-10-11-20-16(13-18)5-4-12-23(20)14(2)24/h6-11,13,19,22H,3-5,12H2,1-2H3/t19-/m1/s1. The molecule has 0 aromatic heterocycles. The molecule has 27 heavy (non-hydrogen) atoms. The lowest BCUT2D eigenvalue weighted by Crippen LogP contribution is -2.34. The number of halogens is 1. The molecule has 5 nitrogen and oxygen atoms in total. The molecule has 0 fully saturated rings. The predicted octanol–water partition coefficient (Wildman–Crippen LogP) is 4.07. The van der Waals surface area contributed by atoms with E-state index in [1.807, 2.05) is 19.1 Å². The molecule has 0 aliphatic carbocycles. The van der Waals surface area contributed by atoms with Crippen LogP contribution in [0.25, 0.3) is 0 Å². The van der Waals surface area contributed by atoms with E-state index >= 15 is 0 Å². The average Bonchev–Trinajstić information content (AvgIpc) is 2.65. The molecule has 0 unspecified atom stereocenters. The Hall–Kier alpha value is -1.89. The first kappa shape index (κ1) is 19.9. The Balaban J connectivity index is 1.88. The summed E-state index contributed by atoms with van der Waals surface area (Å²) in [5.74, 6) is -0.0292. The summed E-state index contributed by atoms with van der Waals surface area (Å²) in [6.07, 6.45) is 2.20. The van der Waals surface area contributed by atoms with Gasteiger partial charge in [0, 0.05) is 30.2 Å². The fourth-order valence-corrected chi connectivity index (χ4v) is 4.89. The van der Waals surface area contributed by atoms with Crippen LogP contribution in [-0.2, 0) is 21.2 Å². The minimum absolute atomic E-state index is 0.0292. The van der Waals surface area contributed by atoms with Crippen LogP contribution in [0.1, 0.15) is 43.9 Å². The summed E-state index contributed by atoms with van der Waals surface area (Å²) in [6, 6.07) is 11.8. The van der Waals surface area contributed by atoms with Crippen molar-refractivity contribution in [3.63, 3.8) is 0 Å². The second-order valence-electron chi connectivity index (χ2n) is 6.70. The monoisotopic (exact) mass is 406 g/mol. The van der Waals surface area contributed by atoms with Crippen LogP contribution in [0.2, 0.25) is 5.02 Å². The number of rotatable bonds is 5. The third-order valence-corrected chi connectivity index (χ3v) is 6.56. The van der Waals surface area contributed by atoms with Gasteiger partial charge >= 0.3 is 0 Å². The molecular formula is C20H23ClN2O3S. The highest BCUT2D eigenvalue weighted by Crippen LogP contribution is 2.30. The largest absolute Gasteiger partial charge is 0.312 e. The number of sulfonamides is 1. The smallest absolute Gasteiger partial charge is 0.241 e. The zero-order chi connectivity index (χ0) is 19.6. The zero-order valence-corrected chi connectivity index (χ0v) is 17.0. The van der Waals surface area contributed by atoms with Crippen molar-refractivity contribution in [2.75, 3.05) is 11.4 Å². The van der Waals surface area contributed by atoms with Crippen LogP contribution in [0, 0.1) is 0 Å². The van der Waals surface area contributed by atoms with E-state index < -0.39 is 10.0 Å². The lowest BCUT2D eigenvalue weighted by Gasteiger charge is -2.29. The van der Waals surface area contributed by atoms with Gasteiger partial charge in [-0.2, -0.15) is 0 Å². The molecule has 0 spiro atoms. The number of nitrogens with zero attached hydrogens (tertiary/aromatic N) is 1. The van der Waals surface area contributed by atoms with Gasteiger partial charge in [-0.3, -0.25) is 4.79 Å². The number of aryl methyl sites for hydroxylation is 1. The maximum atomic E-state index is 12.9. The van der Waals surface area contributed by atoms with Crippen molar-refractivity contribution in [3.8, 4) is 0 Å². The van der Waals surface area contributed by atoms with E-state index in [9.17, 15) is 13.2 Å². The van der Waals surface area contributed by atoms with E-state index in [-0.39, 0.29) is 16.8 Å². The van der Waals surface area contributed by atoms with Crippen molar-refractivity contribution >= 4 is 33.2 Å². The van der Waals surface area contributed by atoms with Gasteiger partial charge in [-0.25, -0.2) is 13.1 Å². The van der Waals surface area contributed by atoms with Gasteiger partial charge in [-0.1, -0.05) is 30.7 Å². The third kappa shape index (κ3) is 4.34. The molecule has 2 aromatic carbocycles.